The number of hydrogen-bond donors (Lipinski definition) is 0. The standard InChI is InChI=1S/C20H22N6O2/c1-4-5-11-24-18(27)16-17(23(3)20(24)28)21-19-25(16)12-14(2)22-26(19)13-15-9-7-6-8-10-15/h4-10H,11-13H2,1-3H3. The fourth-order valence-electron chi connectivity index (χ4n) is 3.45. The average Bonchev–Trinajstić information content (AvgIpc) is 3.07. The minimum absolute atomic E-state index is 0.235. The van der Waals surface area contributed by atoms with Crippen LogP contribution in [0.4, 0.5) is 5.95 Å². The van der Waals surface area contributed by atoms with Gasteiger partial charge in [0, 0.05) is 13.6 Å². The number of nitrogens with zero attached hydrogens (tertiary/aromatic N) is 6. The molecule has 144 valence electrons. The summed E-state index contributed by atoms with van der Waals surface area (Å²) in [4.78, 5) is 30.4. The molecular weight excluding hydrogens is 356 g/mol. The summed E-state index contributed by atoms with van der Waals surface area (Å²) in [6.45, 7) is 5.01. The zero-order valence-corrected chi connectivity index (χ0v) is 16.2. The molecule has 1 aromatic carbocycles. The molecule has 0 amide bonds. The maximum atomic E-state index is 13.1. The molecule has 0 aliphatic carbocycles. The van der Waals surface area contributed by atoms with E-state index in [-0.39, 0.29) is 17.8 Å². The van der Waals surface area contributed by atoms with Crippen molar-refractivity contribution in [2.75, 3.05) is 5.01 Å². The molecule has 0 N–H and O–H groups in total. The van der Waals surface area contributed by atoms with E-state index in [2.05, 4.69) is 10.1 Å². The van der Waals surface area contributed by atoms with Crippen molar-refractivity contribution in [3.8, 4) is 0 Å². The van der Waals surface area contributed by atoms with E-state index in [1.165, 1.54) is 9.13 Å². The van der Waals surface area contributed by atoms with Gasteiger partial charge in [0.1, 0.15) is 0 Å². The third kappa shape index (κ3) is 2.87. The molecule has 0 saturated carbocycles. The summed E-state index contributed by atoms with van der Waals surface area (Å²) < 4.78 is 4.52. The Kier molecular flexibility index (Phi) is 4.46. The van der Waals surface area contributed by atoms with Crippen LogP contribution in [0.25, 0.3) is 11.2 Å². The number of fused-ring (bicyclic) bond motifs is 3. The third-order valence-corrected chi connectivity index (χ3v) is 4.82. The number of aromatic nitrogens is 4. The van der Waals surface area contributed by atoms with Crippen molar-refractivity contribution in [1.29, 1.82) is 0 Å². The predicted octanol–water partition coefficient (Wildman–Crippen LogP) is 1.87. The van der Waals surface area contributed by atoms with Crippen molar-refractivity contribution < 1.29 is 0 Å². The summed E-state index contributed by atoms with van der Waals surface area (Å²) >= 11 is 0. The highest BCUT2D eigenvalue weighted by Crippen LogP contribution is 2.25. The Hall–Kier alpha value is -3.42. The molecule has 0 spiro atoms. The Balaban J connectivity index is 1.92. The third-order valence-electron chi connectivity index (χ3n) is 4.82. The predicted molar refractivity (Wildman–Crippen MR) is 110 cm³/mol. The van der Waals surface area contributed by atoms with E-state index in [0.29, 0.717) is 30.2 Å². The maximum absolute atomic E-state index is 13.1. The lowest BCUT2D eigenvalue weighted by Crippen LogP contribution is -2.39. The maximum Gasteiger partial charge on any atom is 0.332 e. The normalized spacial score (nSPS) is 14.0. The molecule has 0 fully saturated rings. The zero-order valence-electron chi connectivity index (χ0n) is 16.2. The summed E-state index contributed by atoms with van der Waals surface area (Å²) in [5.41, 5.74) is 2.05. The quantitative estimate of drug-likeness (QED) is 0.650. The summed E-state index contributed by atoms with van der Waals surface area (Å²) in [7, 11) is 1.64. The van der Waals surface area contributed by atoms with E-state index < -0.39 is 0 Å². The molecule has 8 heteroatoms. The molecule has 0 radical (unpaired) electrons. The Morgan fingerprint density at radius 2 is 1.93 bits per heavy atom. The van der Waals surface area contributed by atoms with E-state index >= 15 is 0 Å². The lowest BCUT2D eigenvalue weighted by Gasteiger charge is -2.24. The first-order valence-corrected chi connectivity index (χ1v) is 9.18. The summed E-state index contributed by atoms with van der Waals surface area (Å²) in [6.07, 6.45) is 3.61. The highest BCUT2D eigenvalue weighted by atomic mass is 16.2. The monoisotopic (exact) mass is 378 g/mol. The second-order valence-corrected chi connectivity index (χ2v) is 6.88. The summed E-state index contributed by atoms with van der Waals surface area (Å²) in [6, 6.07) is 9.95. The number of aryl methyl sites for hydroxylation is 1. The van der Waals surface area contributed by atoms with Gasteiger partial charge in [-0.25, -0.2) is 9.80 Å². The van der Waals surface area contributed by atoms with Crippen LogP contribution in [0.2, 0.25) is 0 Å². The van der Waals surface area contributed by atoms with Crippen molar-refractivity contribution in [3.05, 3.63) is 68.9 Å². The first-order chi connectivity index (χ1) is 13.5. The number of allylic oxidation sites excluding steroid dienone is 2. The van der Waals surface area contributed by atoms with Gasteiger partial charge in [0.05, 0.1) is 18.8 Å². The topological polar surface area (TPSA) is 77.4 Å². The van der Waals surface area contributed by atoms with E-state index in [9.17, 15) is 9.59 Å². The van der Waals surface area contributed by atoms with Gasteiger partial charge in [-0.2, -0.15) is 10.1 Å². The molecule has 0 atom stereocenters. The molecule has 3 aromatic rings. The van der Waals surface area contributed by atoms with Crippen molar-refractivity contribution in [3.63, 3.8) is 0 Å². The number of anilines is 1. The second kappa shape index (κ2) is 6.95. The molecule has 2 aromatic heterocycles. The smallest absolute Gasteiger partial charge is 0.297 e. The van der Waals surface area contributed by atoms with Crippen molar-refractivity contribution >= 4 is 22.8 Å². The number of benzene rings is 1. The van der Waals surface area contributed by atoms with Gasteiger partial charge >= 0.3 is 5.69 Å². The van der Waals surface area contributed by atoms with Gasteiger partial charge in [-0.1, -0.05) is 42.5 Å². The Labute approximate surface area is 161 Å². The fourth-order valence-corrected chi connectivity index (χ4v) is 3.45. The minimum atomic E-state index is -0.377. The van der Waals surface area contributed by atoms with Crippen LogP contribution in [0.15, 0.2) is 57.2 Å². The number of hydrogen-bond acceptors (Lipinski definition) is 5. The highest BCUT2D eigenvalue weighted by molar-refractivity contribution is 5.87. The molecule has 0 saturated heterocycles. The zero-order chi connectivity index (χ0) is 19.8. The van der Waals surface area contributed by atoms with Gasteiger partial charge in [-0.15, -0.1) is 0 Å². The van der Waals surface area contributed by atoms with Gasteiger partial charge in [-0.3, -0.25) is 18.5 Å². The Bertz CT molecular complexity index is 1210. The molecule has 1 aliphatic rings. The van der Waals surface area contributed by atoms with Crippen LogP contribution in [0, 0.1) is 0 Å². The van der Waals surface area contributed by atoms with Gasteiger partial charge in [0.25, 0.3) is 5.56 Å². The molecule has 28 heavy (non-hydrogen) atoms. The van der Waals surface area contributed by atoms with Crippen LogP contribution in [0.1, 0.15) is 19.4 Å². The van der Waals surface area contributed by atoms with Crippen molar-refractivity contribution in [2.24, 2.45) is 12.1 Å². The van der Waals surface area contributed by atoms with Crippen LogP contribution in [0.3, 0.4) is 0 Å². The van der Waals surface area contributed by atoms with Gasteiger partial charge in [0.2, 0.25) is 5.95 Å². The van der Waals surface area contributed by atoms with Crippen molar-refractivity contribution in [1.82, 2.24) is 18.7 Å². The first-order valence-electron chi connectivity index (χ1n) is 9.18. The van der Waals surface area contributed by atoms with Crippen LogP contribution in [0.5, 0.6) is 0 Å². The second-order valence-electron chi connectivity index (χ2n) is 6.88. The largest absolute Gasteiger partial charge is 0.332 e. The number of rotatable bonds is 4. The first kappa shape index (κ1) is 18.0. The van der Waals surface area contributed by atoms with E-state index in [1.807, 2.05) is 54.8 Å². The fraction of sp³-hybridized carbons (Fsp3) is 0.300. The van der Waals surface area contributed by atoms with E-state index in [4.69, 9.17) is 0 Å². The minimum Gasteiger partial charge on any atom is -0.297 e. The van der Waals surface area contributed by atoms with Crippen LogP contribution in [-0.2, 0) is 26.7 Å². The lowest BCUT2D eigenvalue weighted by molar-refractivity contribution is 0.662. The van der Waals surface area contributed by atoms with E-state index in [0.717, 1.165) is 11.3 Å². The molecule has 3 heterocycles. The van der Waals surface area contributed by atoms with Gasteiger partial charge < -0.3 is 0 Å². The molecule has 8 nitrogen and oxygen atoms in total. The van der Waals surface area contributed by atoms with E-state index in [1.54, 1.807) is 18.1 Å². The summed E-state index contributed by atoms with van der Waals surface area (Å²) in [5.74, 6) is 0.570. The summed E-state index contributed by atoms with van der Waals surface area (Å²) in [5, 5.41) is 6.41. The number of hydrazone groups is 1. The van der Waals surface area contributed by atoms with Crippen LogP contribution >= 0.6 is 0 Å². The van der Waals surface area contributed by atoms with Crippen LogP contribution in [-0.4, -0.2) is 24.4 Å². The SMILES string of the molecule is CC=CCn1c(=O)c2c(nc3n2CC(C)=NN3Cc2ccccc2)n(C)c1=O. The van der Waals surface area contributed by atoms with Crippen molar-refractivity contribution in [2.45, 2.75) is 33.5 Å². The average molecular weight is 378 g/mol. The highest BCUT2D eigenvalue weighted by Gasteiger charge is 2.26. The molecule has 0 bridgehead atoms. The van der Waals surface area contributed by atoms with Gasteiger partial charge in [0.15, 0.2) is 11.2 Å². The Morgan fingerprint density at radius 3 is 2.64 bits per heavy atom. The molecule has 1 aliphatic heterocycles. The molecular formula is C20H22N6O2. The van der Waals surface area contributed by atoms with Gasteiger partial charge in [-0.05, 0) is 19.4 Å². The lowest BCUT2D eigenvalue weighted by atomic mass is 10.2. The Morgan fingerprint density at radius 1 is 1.18 bits per heavy atom. The molecule has 4 rings (SSSR count). The van der Waals surface area contributed by atoms with Crippen LogP contribution < -0.4 is 16.3 Å². The molecule has 0 unspecified atom stereocenters. The number of imidazole rings is 1.